The van der Waals surface area contributed by atoms with Crippen molar-refractivity contribution in [1.82, 2.24) is 15.2 Å². The highest BCUT2D eigenvalue weighted by Crippen LogP contribution is 2.15. The van der Waals surface area contributed by atoms with E-state index >= 15 is 0 Å². The van der Waals surface area contributed by atoms with Gasteiger partial charge in [-0.3, -0.25) is 4.90 Å². The quantitative estimate of drug-likeness (QED) is 0.871. The smallest absolute Gasteiger partial charge is 0.128 e. The molecule has 100 valence electrons. The Bertz CT molecular complexity index is 370. The van der Waals surface area contributed by atoms with Crippen molar-refractivity contribution in [3.05, 3.63) is 23.9 Å². The Morgan fingerprint density at radius 3 is 2.56 bits per heavy atom. The predicted molar refractivity (Wildman–Crippen MR) is 75.9 cm³/mol. The molecule has 0 radical (unpaired) electrons. The number of nitrogens with one attached hydrogen (secondary N) is 1. The zero-order valence-electron chi connectivity index (χ0n) is 11.7. The zero-order valence-corrected chi connectivity index (χ0v) is 11.7. The normalized spacial score (nSPS) is 17.4. The summed E-state index contributed by atoms with van der Waals surface area (Å²) in [6.07, 6.45) is 0. The van der Waals surface area contributed by atoms with E-state index in [0.717, 1.165) is 44.2 Å². The first-order valence-electron chi connectivity index (χ1n) is 6.80. The third-order valence-corrected chi connectivity index (χ3v) is 3.52. The Kier molecular flexibility index (Phi) is 4.55. The van der Waals surface area contributed by atoms with Gasteiger partial charge in [-0.15, -0.1) is 0 Å². The zero-order chi connectivity index (χ0) is 13.0. The van der Waals surface area contributed by atoms with E-state index in [2.05, 4.69) is 47.2 Å². The molecule has 2 rings (SSSR count). The molecule has 1 aliphatic rings. The summed E-state index contributed by atoms with van der Waals surface area (Å²) < 4.78 is 0. The highest BCUT2D eigenvalue weighted by atomic mass is 15.3. The van der Waals surface area contributed by atoms with Gasteiger partial charge in [-0.05, 0) is 33.0 Å². The molecule has 4 heteroatoms. The molecule has 0 bridgehead atoms. The molecule has 0 aromatic carbocycles. The summed E-state index contributed by atoms with van der Waals surface area (Å²) in [5.41, 5.74) is 1.11. The van der Waals surface area contributed by atoms with Crippen molar-refractivity contribution < 1.29 is 0 Å². The first kappa shape index (κ1) is 13.3. The molecule has 0 aliphatic carbocycles. The molecule has 0 amide bonds. The van der Waals surface area contributed by atoms with Crippen molar-refractivity contribution in [3.8, 4) is 0 Å². The number of rotatable bonds is 4. The van der Waals surface area contributed by atoms with Crippen LogP contribution in [0.4, 0.5) is 5.82 Å². The summed E-state index contributed by atoms with van der Waals surface area (Å²) in [5, 5.41) is 3.15. The predicted octanol–water partition coefficient (Wildman–Crippen LogP) is 1.33. The van der Waals surface area contributed by atoms with E-state index in [4.69, 9.17) is 4.98 Å². The molecule has 1 aromatic rings. The van der Waals surface area contributed by atoms with Gasteiger partial charge in [-0.1, -0.05) is 6.07 Å². The number of anilines is 1. The molecular formula is C14H24N4. The monoisotopic (exact) mass is 248 g/mol. The summed E-state index contributed by atoms with van der Waals surface area (Å²) in [7, 11) is 1.95. The van der Waals surface area contributed by atoms with Gasteiger partial charge >= 0.3 is 0 Å². The van der Waals surface area contributed by atoms with Crippen molar-refractivity contribution in [2.24, 2.45) is 0 Å². The maximum Gasteiger partial charge on any atom is 0.128 e. The minimum Gasteiger partial charge on any atom is -0.354 e. The van der Waals surface area contributed by atoms with Crippen LogP contribution in [0.15, 0.2) is 18.2 Å². The van der Waals surface area contributed by atoms with Crippen molar-refractivity contribution in [3.63, 3.8) is 0 Å². The van der Waals surface area contributed by atoms with Gasteiger partial charge in [-0.25, -0.2) is 4.98 Å². The summed E-state index contributed by atoms with van der Waals surface area (Å²) >= 11 is 0. The maximum absolute atomic E-state index is 4.70. The SMILES string of the molecule is CNCc1cccc(N2CCN(C(C)C)CC2)n1. The molecule has 0 atom stereocenters. The standard InChI is InChI=1S/C14H24N4/c1-12(2)17-7-9-18(10-8-17)14-6-4-5-13(16-14)11-15-3/h4-6,12,15H,7-11H2,1-3H3. The van der Waals surface area contributed by atoms with Crippen LogP contribution in [0.3, 0.4) is 0 Å². The molecule has 1 N–H and O–H groups in total. The van der Waals surface area contributed by atoms with Gasteiger partial charge in [-0.2, -0.15) is 0 Å². The van der Waals surface area contributed by atoms with Crippen LogP contribution >= 0.6 is 0 Å². The molecule has 2 heterocycles. The van der Waals surface area contributed by atoms with Crippen LogP contribution in [0.1, 0.15) is 19.5 Å². The van der Waals surface area contributed by atoms with Crippen LogP contribution in [0.25, 0.3) is 0 Å². The number of hydrogen-bond acceptors (Lipinski definition) is 4. The van der Waals surface area contributed by atoms with Gasteiger partial charge in [0.2, 0.25) is 0 Å². The minimum atomic E-state index is 0.649. The van der Waals surface area contributed by atoms with Crippen LogP contribution in [-0.2, 0) is 6.54 Å². The number of piperazine rings is 1. The number of nitrogens with zero attached hydrogens (tertiary/aromatic N) is 3. The lowest BCUT2D eigenvalue weighted by Gasteiger charge is -2.37. The largest absolute Gasteiger partial charge is 0.354 e. The van der Waals surface area contributed by atoms with Crippen molar-refractivity contribution in [2.45, 2.75) is 26.4 Å². The third-order valence-electron chi connectivity index (χ3n) is 3.52. The van der Waals surface area contributed by atoms with Gasteiger partial charge < -0.3 is 10.2 Å². The molecule has 0 spiro atoms. The average Bonchev–Trinajstić information content (AvgIpc) is 2.39. The summed E-state index contributed by atoms with van der Waals surface area (Å²) in [4.78, 5) is 9.61. The lowest BCUT2D eigenvalue weighted by Crippen LogP contribution is -2.49. The average molecular weight is 248 g/mol. The molecule has 1 fully saturated rings. The molecule has 18 heavy (non-hydrogen) atoms. The van der Waals surface area contributed by atoms with Crippen molar-refractivity contribution in [1.29, 1.82) is 0 Å². The second-order valence-electron chi connectivity index (χ2n) is 5.13. The van der Waals surface area contributed by atoms with E-state index in [0.29, 0.717) is 6.04 Å². The fraction of sp³-hybridized carbons (Fsp3) is 0.643. The molecule has 1 aliphatic heterocycles. The fourth-order valence-electron chi connectivity index (χ4n) is 2.39. The maximum atomic E-state index is 4.70. The first-order valence-corrected chi connectivity index (χ1v) is 6.80. The van der Waals surface area contributed by atoms with Gasteiger partial charge in [0.05, 0.1) is 5.69 Å². The van der Waals surface area contributed by atoms with Crippen LogP contribution in [0.5, 0.6) is 0 Å². The number of hydrogen-bond donors (Lipinski definition) is 1. The van der Waals surface area contributed by atoms with Gasteiger partial charge in [0.15, 0.2) is 0 Å². The van der Waals surface area contributed by atoms with E-state index < -0.39 is 0 Å². The Balaban J connectivity index is 1.98. The highest BCUT2D eigenvalue weighted by Gasteiger charge is 2.19. The number of aromatic nitrogens is 1. The lowest BCUT2D eigenvalue weighted by molar-refractivity contribution is 0.209. The second kappa shape index (κ2) is 6.16. The fourth-order valence-corrected chi connectivity index (χ4v) is 2.39. The van der Waals surface area contributed by atoms with Gasteiger partial charge in [0.25, 0.3) is 0 Å². The molecule has 0 saturated carbocycles. The van der Waals surface area contributed by atoms with E-state index in [9.17, 15) is 0 Å². The number of pyridine rings is 1. The molecule has 1 saturated heterocycles. The minimum absolute atomic E-state index is 0.649. The molecule has 1 aromatic heterocycles. The third kappa shape index (κ3) is 3.21. The Morgan fingerprint density at radius 2 is 1.94 bits per heavy atom. The topological polar surface area (TPSA) is 31.4 Å². The Hall–Kier alpha value is -1.13. The van der Waals surface area contributed by atoms with Crippen LogP contribution in [0.2, 0.25) is 0 Å². The summed E-state index contributed by atoms with van der Waals surface area (Å²) in [6.45, 7) is 9.79. The van der Waals surface area contributed by atoms with E-state index in [1.165, 1.54) is 0 Å². The van der Waals surface area contributed by atoms with E-state index in [1.54, 1.807) is 0 Å². The van der Waals surface area contributed by atoms with Crippen LogP contribution in [-0.4, -0.2) is 49.2 Å². The van der Waals surface area contributed by atoms with Gasteiger partial charge in [0, 0.05) is 38.8 Å². The Labute approximate surface area is 110 Å². The molecule has 0 unspecified atom stereocenters. The van der Waals surface area contributed by atoms with Crippen molar-refractivity contribution >= 4 is 5.82 Å². The molecule has 4 nitrogen and oxygen atoms in total. The second-order valence-corrected chi connectivity index (χ2v) is 5.13. The summed E-state index contributed by atoms with van der Waals surface area (Å²) in [5.74, 6) is 1.12. The molecular weight excluding hydrogens is 224 g/mol. The van der Waals surface area contributed by atoms with E-state index in [-0.39, 0.29) is 0 Å². The van der Waals surface area contributed by atoms with E-state index in [1.807, 2.05) is 7.05 Å². The van der Waals surface area contributed by atoms with Crippen LogP contribution in [0, 0.1) is 0 Å². The van der Waals surface area contributed by atoms with Crippen LogP contribution < -0.4 is 10.2 Å². The lowest BCUT2D eigenvalue weighted by atomic mass is 10.2. The summed E-state index contributed by atoms with van der Waals surface area (Å²) in [6, 6.07) is 6.94. The Morgan fingerprint density at radius 1 is 1.22 bits per heavy atom. The van der Waals surface area contributed by atoms with Gasteiger partial charge in [0.1, 0.15) is 5.82 Å². The first-order chi connectivity index (χ1) is 8.70. The highest BCUT2D eigenvalue weighted by molar-refractivity contribution is 5.39. The van der Waals surface area contributed by atoms with Crippen molar-refractivity contribution in [2.75, 3.05) is 38.1 Å².